The van der Waals surface area contributed by atoms with E-state index in [0.717, 1.165) is 6.54 Å². The van der Waals surface area contributed by atoms with Gasteiger partial charge in [0.1, 0.15) is 10.7 Å². The molecule has 2 aromatic carbocycles. The van der Waals surface area contributed by atoms with Crippen LogP contribution >= 0.6 is 0 Å². The van der Waals surface area contributed by atoms with Gasteiger partial charge in [0, 0.05) is 12.2 Å². The Bertz CT molecular complexity index is 703. The monoisotopic (exact) mass is 308 g/mol. The van der Waals surface area contributed by atoms with Crippen LogP contribution in [0.3, 0.4) is 0 Å². The molecular formula is C15H17FN2O2S. The Morgan fingerprint density at radius 2 is 1.81 bits per heavy atom. The highest BCUT2D eigenvalue weighted by Gasteiger charge is 2.19. The van der Waals surface area contributed by atoms with Gasteiger partial charge in [-0.1, -0.05) is 31.2 Å². The number of hydrogen-bond acceptors (Lipinski definition) is 3. The Hall–Kier alpha value is -1.92. The van der Waals surface area contributed by atoms with Crippen molar-refractivity contribution in [1.29, 1.82) is 0 Å². The van der Waals surface area contributed by atoms with E-state index in [0.29, 0.717) is 17.8 Å². The fraction of sp³-hybridized carbons (Fsp3) is 0.200. The lowest BCUT2D eigenvalue weighted by molar-refractivity contribution is 0.568. The van der Waals surface area contributed by atoms with Crippen molar-refractivity contribution >= 4 is 15.7 Å². The highest BCUT2D eigenvalue weighted by Crippen LogP contribution is 2.19. The second-order valence-electron chi connectivity index (χ2n) is 4.52. The molecule has 0 radical (unpaired) electrons. The number of sulfonamides is 1. The van der Waals surface area contributed by atoms with Crippen molar-refractivity contribution < 1.29 is 12.8 Å². The van der Waals surface area contributed by atoms with Gasteiger partial charge in [-0.05, 0) is 36.4 Å². The second kappa shape index (κ2) is 6.69. The van der Waals surface area contributed by atoms with Crippen molar-refractivity contribution in [2.75, 3.05) is 11.3 Å². The van der Waals surface area contributed by atoms with Gasteiger partial charge >= 0.3 is 0 Å². The van der Waals surface area contributed by atoms with E-state index in [2.05, 4.69) is 10.0 Å². The highest BCUT2D eigenvalue weighted by atomic mass is 32.2. The summed E-state index contributed by atoms with van der Waals surface area (Å²) < 4.78 is 40.7. The number of halogens is 1. The Balaban J connectivity index is 2.24. The summed E-state index contributed by atoms with van der Waals surface area (Å²) in [6.07, 6.45) is 0. The molecule has 112 valence electrons. The van der Waals surface area contributed by atoms with Gasteiger partial charge in [-0.25, -0.2) is 12.8 Å². The first-order valence-electron chi connectivity index (χ1n) is 6.60. The van der Waals surface area contributed by atoms with Gasteiger partial charge in [-0.15, -0.1) is 0 Å². The Morgan fingerprint density at radius 1 is 1.10 bits per heavy atom. The molecule has 0 fully saturated rings. The summed E-state index contributed by atoms with van der Waals surface area (Å²) in [4.78, 5) is -0.355. The van der Waals surface area contributed by atoms with E-state index in [9.17, 15) is 12.8 Å². The zero-order chi connectivity index (χ0) is 15.3. The Labute approximate surface area is 124 Å². The van der Waals surface area contributed by atoms with Crippen LogP contribution < -0.4 is 10.0 Å². The van der Waals surface area contributed by atoms with Crippen LogP contribution in [0.4, 0.5) is 10.1 Å². The molecule has 0 aromatic heterocycles. The highest BCUT2D eigenvalue weighted by molar-refractivity contribution is 7.92. The van der Waals surface area contributed by atoms with Crippen molar-refractivity contribution in [1.82, 2.24) is 5.32 Å². The van der Waals surface area contributed by atoms with Gasteiger partial charge in [0.05, 0.1) is 0 Å². The van der Waals surface area contributed by atoms with Crippen LogP contribution in [0.25, 0.3) is 0 Å². The minimum absolute atomic E-state index is 0.355. The SMILES string of the molecule is CCNCc1ccc(S(=O)(=O)Nc2ccccc2)c(F)c1. The summed E-state index contributed by atoms with van der Waals surface area (Å²) in [7, 11) is -3.93. The summed E-state index contributed by atoms with van der Waals surface area (Å²) in [6.45, 7) is 3.20. The molecule has 2 aromatic rings. The fourth-order valence-corrected chi connectivity index (χ4v) is 2.98. The summed E-state index contributed by atoms with van der Waals surface area (Å²) in [5.41, 5.74) is 1.10. The van der Waals surface area contributed by atoms with Gasteiger partial charge in [0.2, 0.25) is 0 Å². The maximum Gasteiger partial charge on any atom is 0.264 e. The predicted octanol–water partition coefficient (Wildman–Crippen LogP) is 2.74. The first-order chi connectivity index (χ1) is 10.0. The lowest BCUT2D eigenvalue weighted by atomic mass is 10.2. The molecule has 0 saturated carbocycles. The molecular weight excluding hydrogens is 291 g/mol. The minimum atomic E-state index is -3.93. The zero-order valence-electron chi connectivity index (χ0n) is 11.6. The van der Waals surface area contributed by atoms with E-state index in [1.54, 1.807) is 36.4 Å². The normalized spacial score (nSPS) is 11.3. The minimum Gasteiger partial charge on any atom is -0.313 e. The van der Waals surface area contributed by atoms with Crippen LogP contribution in [0.5, 0.6) is 0 Å². The van der Waals surface area contributed by atoms with Crippen molar-refractivity contribution in [2.24, 2.45) is 0 Å². The first-order valence-corrected chi connectivity index (χ1v) is 8.08. The fourth-order valence-electron chi connectivity index (χ4n) is 1.86. The third-order valence-electron chi connectivity index (χ3n) is 2.89. The summed E-state index contributed by atoms with van der Waals surface area (Å²) in [5, 5.41) is 3.06. The van der Waals surface area contributed by atoms with Crippen molar-refractivity contribution in [3.8, 4) is 0 Å². The maximum atomic E-state index is 14.0. The van der Waals surface area contributed by atoms with Crippen LogP contribution in [-0.2, 0) is 16.6 Å². The molecule has 0 bridgehead atoms. The molecule has 0 aliphatic heterocycles. The maximum absolute atomic E-state index is 14.0. The van der Waals surface area contributed by atoms with Crippen LogP contribution in [0.1, 0.15) is 12.5 Å². The van der Waals surface area contributed by atoms with Crippen LogP contribution in [0, 0.1) is 5.82 Å². The third kappa shape index (κ3) is 4.03. The molecule has 0 amide bonds. The number of para-hydroxylation sites is 1. The molecule has 21 heavy (non-hydrogen) atoms. The van der Waals surface area contributed by atoms with Crippen LogP contribution in [-0.4, -0.2) is 15.0 Å². The number of nitrogens with one attached hydrogen (secondary N) is 2. The largest absolute Gasteiger partial charge is 0.313 e. The molecule has 0 aliphatic rings. The van der Waals surface area contributed by atoms with Gasteiger partial charge < -0.3 is 5.32 Å². The molecule has 2 rings (SSSR count). The number of benzene rings is 2. The molecule has 0 spiro atoms. The first kappa shape index (κ1) is 15.5. The van der Waals surface area contributed by atoms with Gasteiger partial charge in [0.15, 0.2) is 0 Å². The van der Waals surface area contributed by atoms with Crippen molar-refractivity contribution in [3.05, 3.63) is 59.9 Å². The standard InChI is InChI=1S/C15H17FN2O2S/c1-2-17-11-12-8-9-15(14(16)10-12)21(19,20)18-13-6-4-3-5-7-13/h3-10,17-18H,2,11H2,1H3. The van der Waals surface area contributed by atoms with Gasteiger partial charge in [-0.2, -0.15) is 0 Å². The zero-order valence-corrected chi connectivity index (χ0v) is 12.5. The Morgan fingerprint density at radius 3 is 2.43 bits per heavy atom. The van der Waals surface area contributed by atoms with E-state index in [1.807, 2.05) is 6.92 Å². The van der Waals surface area contributed by atoms with Gasteiger partial charge in [-0.3, -0.25) is 4.72 Å². The molecule has 0 heterocycles. The van der Waals surface area contributed by atoms with E-state index in [1.165, 1.54) is 12.1 Å². The molecule has 2 N–H and O–H groups in total. The van der Waals surface area contributed by atoms with Crippen molar-refractivity contribution in [3.63, 3.8) is 0 Å². The number of rotatable bonds is 6. The average Bonchev–Trinajstić information content (AvgIpc) is 2.45. The quantitative estimate of drug-likeness (QED) is 0.862. The average molecular weight is 308 g/mol. The van der Waals surface area contributed by atoms with Crippen LogP contribution in [0.15, 0.2) is 53.4 Å². The smallest absolute Gasteiger partial charge is 0.264 e. The summed E-state index contributed by atoms with van der Waals surface area (Å²) in [5.74, 6) is -0.756. The van der Waals surface area contributed by atoms with E-state index in [4.69, 9.17) is 0 Å². The molecule has 0 atom stereocenters. The predicted molar refractivity (Wildman–Crippen MR) is 81.0 cm³/mol. The lowest BCUT2D eigenvalue weighted by Gasteiger charge is -2.10. The lowest BCUT2D eigenvalue weighted by Crippen LogP contribution is -2.16. The molecule has 0 saturated heterocycles. The van der Waals surface area contributed by atoms with E-state index >= 15 is 0 Å². The van der Waals surface area contributed by atoms with Gasteiger partial charge in [0.25, 0.3) is 10.0 Å². The number of anilines is 1. The number of hydrogen-bond donors (Lipinski definition) is 2. The summed E-state index contributed by atoms with van der Waals surface area (Å²) in [6, 6.07) is 12.5. The third-order valence-corrected chi connectivity index (χ3v) is 4.31. The Kier molecular flexibility index (Phi) is 4.93. The van der Waals surface area contributed by atoms with Crippen molar-refractivity contribution in [2.45, 2.75) is 18.4 Å². The summed E-state index contributed by atoms with van der Waals surface area (Å²) >= 11 is 0. The molecule has 0 unspecified atom stereocenters. The van der Waals surface area contributed by atoms with E-state index in [-0.39, 0.29) is 4.90 Å². The topological polar surface area (TPSA) is 58.2 Å². The van der Waals surface area contributed by atoms with Crippen LogP contribution in [0.2, 0.25) is 0 Å². The molecule has 6 heteroatoms. The second-order valence-corrected chi connectivity index (χ2v) is 6.17. The molecule has 0 aliphatic carbocycles. The van der Waals surface area contributed by atoms with E-state index < -0.39 is 15.8 Å². The molecule has 4 nitrogen and oxygen atoms in total.